The van der Waals surface area contributed by atoms with Crippen LogP contribution >= 0.6 is 11.3 Å². The summed E-state index contributed by atoms with van der Waals surface area (Å²) in [5, 5.41) is 2.95. The maximum Gasteiger partial charge on any atom is 0.126 e. The maximum absolute atomic E-state index is 6.01. The van der Waals surface area contributed by atoms with Crippen LogP contribution in [-0.2, 0) is 0 Å². The fourth-order valence-corrected chi connectivity index (χ4v) is 3.00. The predicted molar refractivity (Wildman–Crippen MR) is 86.5 cm³/mol. The van der Waals surface area contributed by atoms with Crippen molar-refractivity contribution in [1.82, 2.24) is 4.98 Å². The summed E-state index contributed by atoms with van der Waals surface area (Å²) in [4.78, 5) is 4.70. The van der Waals surface area contributed by atoms with Crippen molar-refractivity contribution < 1.29 is 0 Å². The quantitative estimate of drug-likeness (QED) is 0.699. The van der Waals surface area contributed by atoms with Crippen molar-refractivity contribution in [2.45, 2.75) is 6.92 Å². The average molecular weight is 281 g/mol. The van der Waals surface area contributed by atoms with Gasteiger partial charge in [0.15, 0.2) is 0 Å². The number of rotatable bonds is 2. The van der Waals surface area contributed by atoms with Crippen molar-refractivity contribution in [3.05, 3.63) is 53.4 Å². The molecule has 0 unspecified atom stereocenters. The molecule has 0 saturated carbocycles. The SMILES string of the molecule is Cc1ccccc1-c1csc(-c2cc(N)ccc2N)n1. The van der Waals surface area contributed by atoms with E-state index in [2.05, 4.69) is 24.4 Å². The second-order valence-corrected chi connectivity index (χ2v) is 5.56. The van der Waals surface area contributed by atoms with Gasteiger partial charge in [-0.3, -0.25) is 0 Å². The lowest BCUT2D eigenvalue weighted by atomic mass is 10.1. The average Bonchev–Trinajstić information content (AvgIpc) is 2.91. The second kappa shape index (κ2) is 4.98. The summed E-state index contributed by atoms with van der Waals surface area (Å²) in [5.74, 6) is 0. The Morgan fingerprint density at radius 3 is 2.60 bits per heavy atom. The number of hydrogen-bond donors (Lipinski definition) is 2. The van der Waals surface area contributed by atoms with E-state index < -0.39 is 0 Å². The molecule has 0 bridgehead atoms. The molecule has 0 aliphatic heterocycles. The molecule has 4 N–H and O–H groups in total. The van der Waals surface area contributed by atoms with E-state index in [0.717, 1.165) is 21.8 Å². The van der Waals surface area contributed by atoms with E-state index in [1.54, 1.807) is 17.4 Å². The van der Waals surface area contributed by atoms with Crippen LogP contribution in [0.1, 0.15) is 5.56 Å². The maximum atomic E-state index is 6.01. The standard InChI is InChI=1S/C16H15N3S/c1-10-4-2-3-5-12(10)15-9-20-16(19-15)13-8-11(17)6-7-14(13)18/h2-9H,17-18H2,1H3. The third-order valence-corrected chi connectivity index (χ3v) is 4.11. The molecule has 0 atom stereocenters. The minimum atomic E-state index is 0.696. The minimum absolute atomic E-state index is 0.696. The molecule has 3 rings (SSSR count). The van der Waals surface area contributed by atoms with E-state index in [-0.39, 0.29) is 0 Å². The highest BCUT2D eigenvalue weighted by atomic mass is 32.1. The Morgan fingerprint density at radius 2 is 1.80 bits per heavy atom. The zero-order valence-corrected chi connectivity index (χ0v) is 11.9. The summed E-state index contributed by atoms with van der Waals surface area (Å²) in [5.41, 5.74) is 17.5. The monoisotopic (exact) mass is 281 g/mol. The first-order valence-corrected chi connectivity index (χ1v) is 7.20. The van der Waals surface area contributed by atoms with Gasteiger partial charge in [0, 0.05) is 27.9 Å². The Bertz CT molecular complexity index is 762. The van der Waals surface area contributed by atoms with Gasteiger partial charge in [0.25, 0.3) is 0 Å². The van der Waals surface area contributed by atoms with Crippen LogP contribution in [0.2, 0.25) is 0 Å². The first-order chi connectivity index (χ1) is 9.65. The smallest absolute Gasteiger partial charge is 0.126 e. The van der Waals surface area contributed by atoms with Crippen LogP contribution in [0.5, 0.6) is 0 Å². The summed E-state index contributed by atoms with van der Waals surface area (Å²) < 4.78 is 0. The first-order valence-electron chi connectivity index (χ1n) is 6.32. The molecule has 0 aliphatic rings. The van der Waals surface area contributed by atoms with Gasteiger partial charge in [0.1, 0.15) is 5.01 Å². The van der Waals surface area contributed by atoms with Crippen LogP contribution in [-0.4, -0.2) is 4.98 Å². The van der Waals surface area contributed by atoms with Crippen LogP contribution in [0.3, 0.4) is 0 Å². The lowest BCUT2D eigenvalue weighted by molar-refractivity contribution is 1.37. The van der Waals surface area contributed by atoms with Gasteiger partial charge < -0.3 is 11.5 Å². The summed E-state index contributed by atoms with van der Waals surface area (Å²) in [6.07, 6.45) is 0. The highest BCUT2D eigenvalue weighted by Gasteiger charge is 2.10. The number of nitrogen functional groups attached to an aromatic ring is 2. The Hall–Kier alpha value is -2.33. The largest absolute Gasteiger partial charge is 0.399 e. The molecule has 100 valence electrons. The van der Waals surface area contributed by atoms with E-state index >= 15 is 0 Å². The topological polar surface area (TPSA) is 64.9 Å². The molecule has 0 saturated heterocycles. The van der Waals surface area contributed by atoms with Crippen LogP contribution in [0, 0.1) is 6.92 Å². The van der Waals surface area contributed by atoms with Crippen molar-refractivity contribution >= 4 is 22.7 Å². The summed E-state index contributed by atoms with van der Waals surface area (Å²) in [6, 6.07) is 13.7. The number of aromatic nitrogens is 1. The summed E-state index contributed by atoms with van der Waals surface area (Å²) in [7, 11) is 0. The van der Waals surface area contributed by atoms with Crippen LogP contribution < -0.4 is 11.5 Å². The van der Waals surface area contributed by atoms with Crippen LogP contribution in [0.4, 0.5) is 11.4 Å². The number of aryl methyl sites for hydroxylation is 1. The van der Waals surface area contributed by atoms with E-state index in [0.29, 0.717) is 11.4 Å². The molecule has 20 heavy (non-hydrogen) atoms. The molecular weight excluding hydrogens is 266 g/mol. The number of nitrogens with zero attached hydrogens (tertiary/aromatic N) is 1. The summed E-state index contributed by atoms with van der Waals surface area (Å²) >= 11 is 1.58. The minimum Gasteiger partial charge on any atom is -0.399 e. The molecule has 4 heteroatoms. The lowest BCUT2D eigenvalue weighted by Gasteiger charge is -2.04. The summed E-state index contributed by atoms with van der Waals surface area (Å²) in [6.45, 7) is 2.09. The lowest BCUT2D eigenvalue weighted by Crippen LogP contribution is -1.92. The van der Waals surface area contributed by atoms with Gasteiger partial charge >= 0.3 is 0 Å². The van der Waals surface area contributed by atoms with Crippen LogP contribution in [0.25, 0.3) is 21.8 Å². The molecule has 0 fully saturated rings. The van der Waals surface area contributed by atoms with Gasteiger partial charge in [-0.2, -0.15) is 0 Å². The molecule has 2 aromatic carbocycles. The van der Waals surface area contributed by atoms with Crippen LogP contribution in [0.15, 0.2) is 47.8 Å². The molecule has 3 aromatic rings. The molecule has 1 heterocycles. The van der Waals surface area contributed by atoms with E-state index in [9.17, 15) is 0 Å². The molecule has 0 amide bonds. The fraction of sp³-hybridized carbons (Fsp3) is 0.0625. The van der Waals surface area contributed by atoms with Crippen molar-refractivity contribution in [3.63, 3.8) is 0 Å². The number of anilines is 2. The number of nitrogens with two attached hydrogens (primary N) is 2. The Kier molecular flexibility index (Phi) is 3.16. The first kappa shape index (κ1) is 12.7. The normalized spacial score (nSPS) is 10.7. The molecular formula is C16H15N3S. The van der Waals surface area contributed by atoms with Gasteiger partial charge in [-0.25, -0.2) is 4.98 Å². The van der Waals surface area contributed by atoms with E-state index in [1.807, 2.05) is 24.3 Å². The Labute approximate surface area is 121 Å². The van der Waals surface area contributed by atoms with Crippen molar-refractivity contribution in [2.24, 2.45) is 0 Å². The molecule has 1 aromatic heterocycles. The zero-order chi connectivity index (χ0) is 14.1. The highest BCUT2D eigenvalue weighted by molar-refractivity contribution is 7.13. The van der Waals surface area contributed by atoms with E-state index in [1.165, 1.54) is 5.56 Å². The Morgan fingerprint density at radius 1 is 1.00 bits per heavy atom. The van der Waals surface area contributed by atoms with Crippen molar-refractivity contribution in [3.8, 4) is 21.8 Å². The number of hydrogen-bond acceptors (Lipinski definition) is 4. The molecule has 0 radical (unpaired) electrons. The molecule has 0 aliphatic carbocycles. The van der Waals surface area contributed by atoms with E-state index in [4.69, 9.17) is 16.5 Å². The van der Waals surface area contributed by atoms with Crippen molar-refractivity contribution in [2.75, 3.05) is 11.5 Å². The molecule has 3 nitrogen and oxygen atoms in total. The molecule has 0 spiro atoms. The van der Waals surface area contributed by atoms with Gasteiger partial charge in [-0.15, -0.1) is 11.3 Å². The third kappa shape index (κ3) is 2.26. The zero-order valence-electron chi connectivity index (χ0n) is 11.1. The van der Waals surface area contributed by atoms with Crippen molar-refractivity contribution in [1.29, 1.82) is 0 Å². The number of benzene rings is 2. The Balaban J connectivity index is 2.07. The van der Waals surface area contributed by atoms with Gasteiger partial charge in [0.2, 0.25) is 0 Å². The highest BCUT2D eigenvalue weighted by Crippen LogP contribution is 2.34. The fourth-order valence-electron chi connectivity index (χ4n) is 2.14. The predicted octanol–water partition coefficient (Wildman–Crippen LogP) is 3.95. The van der Waals surface area contributed by atoms with Gasteiger partial charge in [-0.1, -0.05) is 24.3 Å². The van der Waals surface area contributed by atoms with Gasteiger partial charge in [-0.05, 0) is 30.7 Å². The van der Waals surface area contributed by atoms with Gasteiger partial charge in [0.05, 0.1) is 5.69 Å². The second-order valence-electron chi connectivity index (χ2n) is 4.70. The number of thiazole rings is 1. The third-order valence-electron chi connectivity index (χ3n) is 3.23.